The third-order valence-corrected chi connectivity index (χ3v) is 2.77. The fraction of sp³-hybridized carbons (Fsp3) is 0.308. The minimum atomic E-state index is 0.300. The largest absolute Gasteiger partial charge is 0.378 e. The molecule has 0 aliphatic rings. The highest BCUT2D eigenvalue weighted by molar-refractivity contribution is 5.73. The number of aromatic nitrogens is 3. The first kappa shape index (κ1) is 12.4. The van der Waals surface area contributed by atoms with E-state index in [-0.39, 0.29) is 0 Å². The zero-order valence-corrected chi connectivity index (χ0v) is 10.7. The van der Waals surface area contributed by atoms with Crippen molar-refractivity contribution in [1.82, 2.24) is 15.0 Å². The van der Waals surface area contributed by atoms with Gasteiger partial charge in [0.2, 0.25) is 0 Å². The van der Waals surface area contributed by atoms with Crippen molar-refractivity contribution < 1.29 is 9.53 Å². The molecule has 0 aliphatic heterocycles. The zero-order chi connectivity index (χ0) is 13.1. The van der Waals surface area contributed by atoms with E-state index < -0.39 is 0 Å². The van der Waals surface area contributed by atoms with Crippen molar-refractivity contribution in [3.63, 3.8) is 0 Å². The summed E-state index contributed by atoms with van der Waals surface area (Å²) in [5.74, 6) is 0. The molecule has 0 atom stereocenters. The van der Waals surface area contributed by atoms with Gasteiger partial charge < -0.3 is 4.74 Å². The SMILES string of the molecule is COCc1c(C=O)nnn1-c1ccc(C)cc1C. The zero-order valence-electron chi connectivity index (χ0n) is 10.7. The lowest BCUT2D eigenvalue weighted by molar-refractivity contribution is 0.111. The van der Waals surface area contributed by atoms with Gasteiger partial charge in [-0.05, 0) is 25.5 Å². The summed E-state index contributed by atoms with van der Waals surface area (Å²) in [6.07, 6.45) is 0.696. The molecular formula is C13H15N3O2. The number of hydrogen-bond donors (Lipinski definition) is 0. The maximum Gasteiger partial charge on any atom is 0.172 e. The first-order valence-corrected chi connectivity index (χ1v) is 5.63. The maximum atomic E-state index is 10.9. The molecule has 0 N–H and O–H groups in total. The Labute approximate surface area is 105 Å². The summed E-state index contributed by atoms with van der Waals surface area (Å²) >= 11 is 0. The van der Waals surface area contributed by atoms with E-state index in [1.54, 1.807) is 11.8 Å². The lowest BCUT2D eigenvalue weighted by Crippen LogP contribution is -2.06. The molecule has 0 amide bonds. The van der Waals surface area contributed by atoms with Crippen LogP contribution < -0.4 is 0 Å². The Hall–Kier alpha value is -2.01. The van der Waals surface area contributed by atoms with Gasteiger partial charge in [0.15, 0.2) is 12.0 Å². The minimum Gasteiger partial charge on any atom is -0.378 e. The number of aryl methyl sites for hydroxylation is 2. The van der Waals surface area contributed by atoms with Crippen molar-refractivity contribution >= 4 is 6.29 Å². The summed E-state index contributed by atoms with van der Waals surface area (Å²) in [6, 6.07) is 6.03. The van der Waals surface area contributed by atoms with Crippen LogP contribution in [0, 0.1) is 13.8 Å². The second kappa shape index (κ2) is 5.10. The number of rotatable bonds is 4. The molecule has 1 heterocycles. The highest BCUT2D eigenvalue weighted by Gasteiger charge is 2.14. The van der Waals surface area contributed by atoms with Crippen molar-refractivity contribution in [3.8, 4) is 5.69 Å². The lowest BCUT2D eigenvalue weighted by atomic mass is 10.1. The van der Waals surface area contributed by atoms with E-state index in [0.29, 0.717) is 24.3 Å². The maximum absolute atomic E-state index is 10.9. The Bertz CT molecular complexity index is 576. The molecule has 0 aliphatic carbocycles. The topological polar surface area (TPSA) is 57.0 Å². The van der Waals surface area contributed by atoms with Gasteiger partial charge in [-0.25, -0.2) is 4.68 Å². The first-order chi connectivity index (χ1) is 8.67. The number of nitrogens with zero attached hydrogens (tertiary/aromatic N) is 3. The summed E-state index contributed by atoms with van der Waals surface area (Å²) in [6.45, 7) is 4.33. The molecule has 0 fully saturated rings. The highest BCUT2D eigenvalue weighted by atomic mass is 16.5. The van der Waals surface area contributed by atoms with Crippen LogP contribution in [0.1, 0.15) is 27.3 Å². The van der Waals surface area contributed by atoms with Crippen LogP contribution in [0.2, 0.25) is 0 Å². The van der Waals surface area contributed by atoms with E-state index in [4.69, 9.17) is 4.74 Å². The van der Waals surface area contributed by atoms with Crippen LogP contribution in [0.15, 0.2) is 18.2 Å². The lowest BCUT2D eigenvalue weighted by Gasteiger charge is -2.09. The molecule has 5 nitrogen and oxygen atoms in total. The quantitative estimate of drug-likeness (QED) is 0.771. The summed E-state index contributed by atoms with van der Waals surface area (Å²) < 4.78 is 6.75. The number of carbonyl (C=O) groups is 1. The van der Waals surface area contributed by atoms with Crippen LogP contribution in [0.4, 0.5) is 0 Å². The molecule has 0 unspecified atom stereocenters. The smallest absolute Gasteiger partial charge is 0.172 e. The summed E-state index contributed by atoms with van der Waals surface area (Å²) in [4.78, 5) is 10.9. The van der Waals surface area contributed by atoms with Gasteiger partial charge in [0, 0.05) is 7.11 Å². The van der Waals surface area contributed by atoms with Gasteiger partial charge in [-0.3, -0.25) is 4.79 Å². The predicted octanol–water partition coefficient (Wildman–Crippen LogP) is 1.84. The number of ether oxygens (including phenoxy) is 1. The van der Waals surface area contributed by atoms with Crippen LogP contribution in [0.5, 0.6) is 0 Å². The third-order valence-electron chi connectivity index (χ3n) is 2.77. The van der Waals surface area contributed by atoms with Crippen LogP contribution >= 0.6 is 0 Å². The third kappa shape index (κ3) is 2.17. The van der Waals surface area contributed by atoms with Gasteiger partial charge in [-0.1, -0.05) is 22.9 Å². The molecule has 1 aromatic carbocycles. The van der Waals surface area contributed by atoms with E-state index in [1.807, 2.05) is 26.0 Å². The number of methoxy groups -OCH3 is 1. The number of carbonyl (C=O) groups excluding carboxylic acids is 1. The van der Waals surface area contributed by atoms with Crippen molar-refractivity contribution in [2.24, 2.45) is 0 Å². The Kier molecular flexibility index (Phi) is 3.53. The number of benzene rings is 1. The van der Waals surface area contributed by atoms with Crippen LogP contribution in [-0.4, -0.2) is 28.4 Å². The predicted molar refractivity (Wildman–Crippen MR) is 66.9 cm³/mol. The van der Waals surface area contributed by atoms with Crippen LogP contribution in [-0.2, 0) is 11.3 Å². The van der Waals surface area contributed by atoms with Crippen molar-refractivity contribution in [2.75, 3.05) is 7.11 Å². The summed E-state index contributed by atoms with van der Waals surface area (Å²) in [7, 11) is 1.58. The monoisotopic (exact) mass is 245 g/mol. The molecule has 0 saturated heterocycles. The standard InChI is InChI=1S/C13H15N3O2/c1-9-4-5-12(10(2)6-9)16-13(8-18-3)11(7-17)14-15-16/h4-7H,8H2,1-3H3. The molecular weight excluding hydrogens is 230 g/mol. The van der Waals surface area contributed by atoms with Gasteiger partial charge in [-0.2, -0.15) is 0 Å². The summed E-state index contributed by atoms with van der Waals surface area (Å²) in [5, 5.41) is 7.88. The van der Waals surface area contributed by atoms with Gasteiger partial charge in [0.25, 0.3) is 0 Å². The van der Waals surface area contributed by atoms with Crippen molar-refractivity contribution in [3.05, 3.63) is 40.7 Å². The van der Waals surface area contributed by atoms with E-state index >= 15 is 0 Å². The molecule has 94 valence electrons. The van der Waals surface area contributed by atoms with Crippen LogP contribution in [0.25, 0.3) is 5.69 Å². The van der Waals surface area contributed by atoms with Crippen molar-refractivity contribution in [2.45, 2.75) is 20.5 Å². The molecule has 2 rings (SSSR count). The van der Waals surface area contributed by atoms with Crippen LogP contribution in [0.3, 0.4) is 0 Å². The number of aldehydes is 1. The Balaban J connectivity index is 2.56. The fourth-order valence-corrected chi connectivity index (χ4v) is 1.91. The molecule has 2 aromatic rings. The average Bonchev–Trinajstić information content (AvgIpc) is 2.73. The van der Waals surface area contributed by atoms with Gasteiger partial charge in [-0.15, -0.1) is 5.10 Å². The fourth-order valence-electron chi connectivity index (χ4n) is 1.91. The van der Waals surface area contributed by atoms with Gasteiger partial charge in [0.05, 0.1) is 12.3 Å². The second-order valence-corrected chi connectivity index (χ2v) is 4.17. The van der Waals surface area contributed by atoms with E-state index in [0.717, 1.165) is 11.3 Å². The number of hydrogen-bond acceptors (Lipinski definition) is 4. The normalized spacial score (nSPS) is 10.6. The molecule has 1 aromatic heterocycles. The second-order valence-electron chi connectivity index (χ2n) is 4.17. The minimum absolute atomic E-state index is 0.300. The Morgan fingerprint density at radius 2 is 2.17 bits per heavy atom. The summed E-state index contributed by atoms with van der Waals surface area (Å²) in [5.41, 5.74) is 4.15. The van der Waals surface area contributed by atoms with Gasteiger partial charge >= 0.3 is 0 Å². The van der Waals surface area contributed by atoms with E-state index in [2.05, 4.69) is 16.4 Å². The molecule has 5 heteroatoms. The highest BCUT2D eigenvalue weighted by Crippen LogP contribution is 2.18. The first-order valence-electron chi connectivity index (χ1n) is 5.63. The molecule has 0 saturated carbocycles. The van der Waals surface area contributed by atoms with Gasteiger partial charge in [0.1, 0.15) is 5.69 Å². The van der Waals surface area contributed by atoms with E-state index in [9.17, 15) is 4.79 Å². The van der Waals surface area contributed by atoms with E-state index in [1.165, 1.54) is 5.56 Å². The Morgan fingerprint density at radius 1 is 1.39 bits per heavy atom. The molecule has 0 spiro atoms. The molecule has 18 heavy (non-hydrogen) atoms. The Morgan fingerprint density at radius 3 is 2.78 bits per heavy atom. The molecule has 0 bridgehead atoms. The average molecular weight is 245 g/mol. The molecule has 0 radical (unpaired) electrons. The van der Waals surface area contributed by atoms with Crippen molar-refractivity contribution in [1.29, 1.82) is 0 Å².